The summed E-state index contributed by atoms with van der Waals surface area (Å²) < 4.78 is 22.2. The van der Waals surface area contributed by atoms with E-state index in [1.54, 1.807) is 0 Å². The molecule has 12 heteroatoms. The fraction of sp³-hybridized carbons (Fsp3) is 1.00. The van der Waals surface area contributed by atoms with Gasteiger partial charge in [-0.2, -0.15) is 4.31 Å². The summed E-state index contributed by atoms with van der Waals surface area (Å²) in [5.41, 5.74) is 15.4. The molecule has 0 aromatic heterocycles. The summed E-state index contributed by atoms with van der Waals surface area (Å²) >= 11 is 0. The maximum Gasteiger partial charge on any atom is 0.478 e. The zero-order chi connectivity index (χ0) is 20.1. The predicted molar refractivity (Wildman–Crippen MR) is 97.1 cm³/mol. The van der Waals surface area contributed by atoms with Crippen LogP contribution >= 0.6 is 15.6 Å². The predicted octanol–water partition coefficient (Wildman–Crippen LogP) is 1.42. The second-order valence-corrected chi connectivity index (χ2v) is 7.10. The summed E-state index contributed by atoms with van der Waals surface area (Å²) in [4.78, 5) is 31.0. The Morgan fingerprint density at radius 3 is 0.875 bits per heavy atom. The van der Waals surface area contributed by atoms with E-state index in [1.807, 2.05) is 0 Å². The number of hydrogen-bond donors (Lipinski definition) is 7. The summed E-state index contributed by atoms with van der Waals surface area (Å²) in [6.45, 7) is 8.93. The highest BCUT2D eigenvalue weighted by Crippen LogP contribution is 2.53. The van der Waals surface area contributed by atoms with Crippen LogP contribution in [0.25, 0.3) is 0 Å². The molecule has 10 nitrogen and oxygen atoms in total. The van der Waals surface area contributed by atoms with E-state index in [0.29, 0.717) is 0 Å². The SMILES string of the molecule is CCCCN.CCCCN.CCCCN.O=P(O)(O)OP(=O)(O)O. The fourth-order valence-electron chi connectivity index (χ4n) is 0.751. The molecule has 0 amide bonds. The van der Waals surface area contributed by atoms with E-state index in [2.05, 4.69) is 25.1 Å². The molecule has 0 saturated carbocycles. The minimum Gasteiger partial charge on any atom is -0.330 e. The standard InChI is InChI=1S/3C4H11N.H4O7P2/c3*1-2-3-4-5;1-8(2,3)7-9(4,5)6/h3*2-5H2,1H3;(H2,1,2,3)(H2,4,5,6). The molecule has 0 rings (SSSR count). The van der Waals surface area contributed by atoms with Gasteiger partial charge < -0.3 is 36.8 Å². The molecule has 10 N–H and O–H groups in total. The third-order valence-corrected chi connectivity index (χ3v) is 3.59. The first kappa shape index (κ1) is 31.9. The highest BCUT2D eigenvalue weighted by molar-refractivity contribution is 7.60. The molecule has 152 valence electrons. The minimum absolute atomic E-state index is 0.844. The van der Waals surface area contributed by atoms with Crippen molar-refractivity contribution in [3.05, 3.63) is 0 Å². The molecule has 0 aromatic rings. The summed E-state index contributed by atoms with van der Waals surface area (Å²) in [7, 11) is -10.1. The van der Waals surface area contributed by atoms with Crippen molar-refractivity contribution in [1.82, 2.24) is 0 Å². The molecule has 0 bridgehead atoms. The number of phosphoric acid groups is 2. The van der Waals surface area contributed by atoms with Crippen LogP contribution in [0.1, 0.15) is 59.3 Å². The van der Waals surface area contributed by atoms with Crippen molar-refractivity contribution in [1.29, 1.82) is 0 Å². The van der Waals surface area contributed by atoms with Crippen LogP contribution in [-0.2, 0) is 13.4 Å². The van der Waals surface area contributed by atoms with Crippen LogP contribution in [-0.4, -0.2) is 39.2 Å². The van der Waals surface area contributed by atoms with Gasteiger partial charge in [0.1, 0.15) is 0 Å². The monoisotopic (exact) mass is 397 g/mol. The highest BCUT2D eigenvalue weighted by atomic mass is 31.3. The van der Waals surface area contributed by atoms with Crippen LogP contribution in [0.2, 0.25) is 0 Å². The van der Waals surface area contributed by atoms with Gasteiger partial charge in [-0.25, -0.2) is 9.13 Å². The van der Waals surface area contributed by atoms with Gasteiger partial charge in [-0.15, -0.1) is 0 Å². The van der Waals surface area contributed by atoms with Crippen LogP contribution in [0.3, 0.4) is 0 Å². The second-order valence-electron chi connectivity index (χ2n) is 4.49. The van der Waals surface area contributed by atoms with Crippen molar-refractivity contribution < 1.29 is 33.0 Å². The Balaban J connectivity index is -0.000000116. The largest absolute Gasteiger partial charge is 0.478 e. The first-order chi connectivity index (χ1) is 10.9. The zero-order valence-electron chi connectivity index (χ0n) is 15.0. The van der Waals surface area contributed by atoms with E-state index < -0.39 is 15.6 Å². The van der Waals surface area contributed by atoms with Gasteiger partial charge in [-0.3, -0.25) is 0 Å². The van der Waals surface area contributed by atoms with Gasteiger partial charge in [0, 0.05) is 0 Å². The Hall–Kier alpha value is 0.140. The molecular formula is C12H37N3O7P2. The number of nitrogens with two attached hydrogens (primary N) is 3. The molecule has 0 aromatic carbocycles. The van der Waals surface area contributed by atoms with E-state index in [-0.39, 0.29) is 0 Å². The van der Waals surface area contributed by atoms with Crippen LogP contribution in [0.5, 0.6) is 0 Å². The molecule has 0 aliphatic heterocycles. The maximum atomic E-state index is 9.63. The quantitative estimate of drug-likeness (QED) is 0.293. The fourth-order valence-corrected chi connectivity index (χ4v) is 1.86. The first-order valence-electron chi connectivity index (χ1n) is 7.88. The Morgan fingerprint density at radius 1 is 0.667 bits per heavy atom. The van der Waals surface area contributed by atoms with Crippen molar-refractivity contribution in [3.63, 3.8) is 0 Å². The lowest BCUT2D eigenvalue weighted by atomic mass is 10.3. The van der Waals surface area contributed by atoms with Gasteiger partial charge in [0.15, 0.2) is 0 Å². The van der Waals surface area contributed by atoms with Crippen molar-refractivity contribution in [2.24, 2.45) is 17.2 Å². The van der Waals surface area contributed by atoms with Gasteiger partial charge >= 0.3 is 15.6 Å². The zero-order valence-corrected chi connectivity index (χ0v) is 16.8. The lowest BCUT2D eigenvalue weighted by molar-refractivity contribution is 0.225. The van der Waals surface area contributed by atoms with E-state index >= 15 is 0 Å². The molecule has 0 heterocycles. The van der Waals surface area contributed by atoms with Gasteiger partial charge in [0.05, 0.1) is 0 Å². The minimum atomic E-state index is -5.05. The molecule has 0 unspecified atom stereocenters. The smallest absolute Gasteiger partial charge is 0.330 e. The summed E-state index contributed by atoms with van der Waals surface area (Å²) in [6.07, 6.45) is 7.16. The summed E-state index contributed by atoms with van der Waals surface area (Å²) in [5.74, 6) is 0. The van der Waals surface area contributed by atoms with Gasteiger partial charge in [0.2, 0.25) is 0 Å². The molecule has 0 saturated heterocycles. The Morgan fingerprint density at radius 2 is 0.875 bits per heavy atom. The average molecular weight is 397 g/mol. The normalized spacial score (nSPS) is 10.4. The van der Waals surface area contributed by atoms with Gasteiger partial charge in [0.25, 0.3) is 0 Å². The third-order valence-electron chi connectivity index (χ3n) is 1.89. The Labute approximate surface area is 145 Å². The lowest BCUT2D eigenvalue weighted by Gasteiger charge is -2.03. The van der Waals surface area contributed by atoms with Crippen LogP contribution < -0.4 is 17.2 Å². The third kappa shape index (κ3) is 67.1. The van der Waals surface area contributed by atoms with Crippen LogP contribution in [0.4, 0.5) is 0 Å². The van der Waals surface area contributed by atoms with E-state index in [0.717, 1.165) is 19.6 Å². The van der Waals surface area contributed by atoms with Crippen molar-refractivity contribution in [2.45, 2.75) is 59.3 Å². The van der Waals surface area contributed by atoms with Crippen molar-refractivity contribution in [2.75, 3.05) is 19.6 Å². The topological polar surface area (TPSA) is 202 Å². The summed E-state index contributed by atoms with van der Waals surface area (Å²) in [5, 5.41) is 0. The van der Waals surface area contributed by atoms with Gasteiger partial charge in [-0.1, -0.05) is 40.0 Å². The van der Waals surface area contributed by atoms with Crippen LogP contribution in [0.15, 0.2) is 0 Å². The molecule has 0 radical (unpaired) electrons. The molecular weight excluding hydrogens is 360 g/mol. The highest BCUT2D eigenvalue weighted by Gasteiger charge is 2.27. The Kier molecular flexibility index (Phi) is 30.7. The molecule has 0 spiro atoms. The van der Waals surface area contributed by atoms with E-state index in [9.17, 15) is 9.13 Å². The summed E-state index contributed by atoms with van der Waals surface area (Å²) in [6, 6.07) is 0. The van der Waals surface area contributed by atoms with E-state index in [1.165, 1.54) is 38.5 Å². The van der Waals surface area contributed by atoms with Crippen molar-refractivity contribution in [3.8, 4) is 0 Å². The maximum absolute atomic E-state index is 9.63. The van der Waals surface area contributed by atoms with Crippen LogP contribution in [0, 0.1) is 0 Å². The number of rotatable bonds is 8. The molecule has 24 heavy (non-hydrogen) atoms. The molecule has 0 aliphatic carbocycles. The molecule has 0 atom stereocenters. The average Bonchev–Trinajstić information content (AvgIpc) is 2.39. The van der Waals surface area contributed by atoms with Crippen molar-refractivity contribution >= 4 is 15.6 Å². The number of hydrogen-bond acceptors (Lipinski definition) is 6. The van der Waals surface area contributed by atoms with Gasteiger partial charge in [-0.05, 0) is 38.9 Å². The molecule has 0 fully saturated rings. The lowest BCUT2D eigenvalue weighted by Crippen LogP contribution is -1.95. The number of unbranched alkanes of at least 4 members (excludes halogenated alkanes) is 3. The van der Waals surface area contributed by atoms with E-state index in [4.69, 9.17) is 36.8 Å². The Bertz CT molecular complexity index is 271. The molecule has 0 aliphatic rings. The first-order valence-corrected chi connectivity index (χ1v) is 10.9. The second kappa shape index (κ2) is 23.1.